The van der Waals surface area contributed by atoms with Gasteiger partial charge in [0, 0.05) is 18.4 Å². The fraction of sp³-hybridized carbons (Fsp3) is 0.333. The summed E-state index contributed by atoms with van der Waals surface area (Å²) in [4.78, 5) is 21.9. The lowest BCUT2D eigenvalue weighted by Gasteiger charge is -2.09. The molecular formula is C12H15NO4S. The molecule has 0 saturated heterocycles. The first-order valence-corrected chi connectivity index (χ1v) is 6.45. The van der Waals surface area contributed by atoms with E-state index in [2.05, 4.69) is 5.32 Å². The van der Waals surface area contributed by atoms with Crippen molar-refractivity contribution in [3.8, 4) is 0 Å². The molecule has 0 fully saturated rings. The number of para-hydroxylation sites is 1. The lowest BCUT2D eigenvalue weighted by Crippen LogP contribution is -2.16. The van der Waals surface area contributed by atoms with Gasteiger partial charge in [0.2, 0.25) is 5.91 Å². The number of thioether (sulfide) groups is 1. The van der Waals surface area contributed by atoms with Crippen LogP contribution in [-0.2, 0) is 20.9 Å². The minimum atomic E-state index is -0.924. The molecule has 0 spiro atoms. The summed E-state index contributed by atoms with van der Waals surface area (Å²) < 4.78 is 5.03. The molecule has 98 valence electrons. The number of carboxylic acids is 1. The SMILES string of the molecule is COCc1ccccc1NC(=O)CSCC(=O)O. The van der Waals surface area contributed by atoms with E-state index >= 15 is 0 Å². The van der Waals surface area contributed by atoms with Gasteiger partial charge in [-0.25, -0.2) is 0 Å². The zero-order chi connectivity index (χ0) is 13.4. The van der Waals surface area contributed by atoms with Gasteiger partial charge in [-0.15, -0.1) is 11.8 Å². The number of aliphatic carboxylic acids is 1. The molecule has 0 bridgehead atoms. The van der Waals surface area contributed by atoms with Crippen molar-refractivity contribution in [2.24, 2.45) is 0 Å². The molecule has 0 aromatic heterocycles. The van der Waals surface area contributed by atoms with Crippen molar-refractivity contribution >= 4 is 29.3 Å². The fourth-order valence-electron chi connectivity index (χ4n) is 1.34. The highest BCUT2D eigenvalue weighted by Crippen LogP contribution is 2.16. The normalized spacial score (nSPS) is 10.1. The number of nitrogens with one attached hydrogen (secondary N) is 1. The first kappa shape index (κ1) is 14.5. The third-order valence-electron chi connectivity index (χ3n) is 2.05. The second kappa shape index (κ2) is 7.73. The molecule has 18 heavy (non-hydrogen) atoms. The van der Waals surface area contributed by atoms with Crippen molar-refractivity contribution in [1.29, 1.82) is 0 Å². The predicted molar refractivity (Wildman–Crippen MR) is 70.7 cm³/mol. The van der Waals surface area contributed by atoms with E-state index in [1.54, 1.807) is 13.2 Å². The van der Waals surface area contributed by atoms with Gasteiger partial charge in [-0.05, 0) is 6.07 Å². The summed E-state index contributed by atoms with van der Waals surface area (Å²) in [6.45, 7) is 0.415. The van der Waals surface area contributed by atoms with E-state index < -0.39 is 5.97 Å². The van der Waals surface area contributed by atoms with Crippen LogP contribution in [0, 0.1) is 0 Å². The van der Waals surface area contributed by atoms with Gasteiger partial charge in [0.15, 0.2) is 0 Å². The molecule has 0 aliphatic heterocycles. The Hall–Kier alpha value is -1.53. The summed E-state index contributed by atoms with van der Waals surface area (Å²) in [6.07, 6.45) is 0. The molecule has 1 aromatic carbocycles. The minimum Gasteiger partial charge on any atom is -0.481 e. The third kappa shape index (κ3) is 5.20. The van der Waals surface area contributed by atoms with E-state index in [-0.39, 0.29) is 17.4 Å². The van der Waals surface area contributed by atoms with Crippen LogP contribution in [0.1, 0.15) is 5.56 Å². The second-order valence-corrected chi connectivity index (χ2v) is 4.51. The Morgan fingerprint density at radius 2 is 2.06 bits per heavy atom. The summed E-state index contributed by atoms with van der Waals surface area (Å²) in [6, 6.07) is 7.33. The quantitative estimate of drug-likeness (QED) is 0.786. The molecule has 2 N–H and O–H groups in total. The van der Waals surface area contributed by atoms with Crippen LogP contribution >= 0.6 is 11.8 Å². The van der Waals surface area contributed by atoms with Crippen molar-refractivity contribution in [1.82, 2.24) is 0 Å². The van der Waals surface area contributed by atoms with E-state index in [1.807, 2.05) is 18.2 Å². The Balaban J connectivity index is 2.50. The number of carbonyl (C=O) groups is 2. The Bertz CT molecular complexity index is 422. The summed E-state index contributed by atoms with van der Waals surface area (Å²) in [5, 5.41) is 11.2. The van der Waals surface area contributed by atoms with Crippen molar-refractivity contribution in [3.63, 3.8) is 0 Å². The number of ether oxygens (including phenoxy) is 1. The first-order valence-electron chi connectivity index (χ1n) is 5.29. The monoisotopic (exact) mass is 269 g/mol. The summed E-state index contributed by atoms with van der Waals surface area (Å²) in [7, 11) is 1.58. The smallest absolute Gasteiger partial charge is 0.313 e. The number of benzene rings is 1. The predicted octanol–water partition coefficient (Wildman–Crippen LogP) is 1.59. The van der Waals surface area contributed by atoms with Crippen molar-refractivity contribution in [2.75, 3.05) is 23.9 Å². The number of rotatable bonds is 7. The van der Waals surface area contributed by atoms with Crippen LogP contribution in [0.2, 0.25) is 0 Å². The Morgan fingerprint density at radius 3 is 2.72 bits per heavy atom. The molecular weight excluding hydrogens is 254 g/mol. The zero-order valence-electron chi connectivity index (χ0n) is 10.0. The number of carboxylic acid groups (broad SMARTS) is 1. The van der Waals surface area contributed by atoms with Gasteiger partial charge in [0.25, 0.3) is 0 Å². The van der Waals surface area contributed by atoms with Crippen LogP contribution in [0.5, 0.6) is 0 Å². The zero-order valence-corrected chi connectivity index (χ0v) is 10.8. The average Bonchev–Trinajstić information content (AvgIpc) is 2.31. The molecule has 0 atom stereocenters. The van der Waals surface area contributed by atoms with E-state index in [4.69, 9.17) is 9.84 Å². The Kier molecular flexibility index (Phi) is 6.24. The number of amides is 1. The van der Waals surface area contributed by atoms with Crippen LogP contribution in [0.25, 0.3) is 0 Å². The van der Waals surface area contributed by atoms with Gasteiger partial charge in [0.1, 0.15) is 0 Å². The van der Waals surface area contributed by atoms with Crippen LogP contribution in [0.15, 0.2) is 24.3 Å². The molecule has 0 aliphatic rings. The van der Waals surface area contributed by atoms with Crippen molar-refractivity contribution in [3.05, 3.63) is 29.8 Å². The van der Waals surface area contributed by atoms with E-state index in [0.717, 1.165) is 17.3 Å². The molecule has 0 unspecified atom stereocenters. The summed E-state index contributed by atoms with van der Waals surface area (Å²) >= 11 is 1.07. The Labute approximate surface area is 110 Å². The highest BCUT2D eigenvalue weighted by Gasteiger charge is 2.07. The highest BCUT2D eigenvalue weighted by molar-refractivity contribution is 8.00. The Morgan fingerprint density at radius 1 is 1.33 bits per heavy atom. The van der Waals surface area contributed by atoms with Gasteiger partial charge in [-0.2, -0.15) is 0 Å². The molecule has 0 aliphatic carbocycles. The lowest BCUT2D eigenvalue weighted by molar-refractivity contribution is -0.133. The number of carbonyl (C=O) groups excluding carboxylic acids is 1. The van der Waals surface area contributed by atoms with Crippen LogP contribution in [-0.4, -0.2) is 35.6 Å². The number of hydrogen-bond donors (Lipinski definition) is 2. The third-order valence-corrected chi connectivity index (χ3v) is 2.97. The number of anilines is 1. The molecule has 0 radical (unpaired) electrons. The molecule has 1 rings (SSSR count). The molecule has 5 nitrogen and oxygen atoms in total. The molecule has 0 saturated carbocycles. The van der Waals surface area contributed by atoms with Gasteiger partial charge < -0.3 is 15.2 Å². The van der Waals surface area contributed by atoms with Gasteiger partial charge >= 0.3 is 5.97 Å². The molecule has 1 amide bonds. The van der Waals surface area contributed by atoms with Crippen molar-refractivity contribution in [2.45, 2.75) is 6.61 Å². The number of methoxy groups -OCH3 is 1. The van der Waals surface area contributed by atoms with Crippen LogP contribution in [0.3, 0.4) is 0 Å². The topological polar surface area (TPSA) is 75.6 Å². The molecule has 1 aromatic rings. The van der Waals surface area contributed by atoms with Crippen LogP contribution in [0.4, 0.5) is 5.69 Å². The summed E-state index contributed by atoms with van der Waals surface area (Å²) in [5.41, 5.74) is 1.58. The van der Waals surface area contributed by atoms with Gasteiger partial charge in [0.05, 0.1) is 18.1 Å². The highest BCUT2D eigenvalue weighted by atomic mass is 32.2. The standard InChI is InChI=1S/C12H15NO4S/c1-17-6-9-4-2-3-5-10(9)13-11(14)7-18-8-12(15)16/h2-5H,6-8H2,1H3,(H,13,14)(H,15,16). The molecule has 0 heterocycles. The van der Waals surface area contributed by atoms with Gasteiger partial charge in [-0.3, -0.25) is 9.59 Å². The van der Waals surface area contributed by atoms with E-state index in [0.29, 0.717) is 12.3 Å². The summed E-state index contributed by atoms with van der Waals surface area (Å²) in [5.74, 6) is -1.10. The maximum Gasteiger partial charge on any atom is 0.313 e. The minimum absolute atomic E-state index is 0.0763. The first-order chi connectivity index (χ1) is 8.63. The molecule has 6 heteroatoms. The van der Waals surface area contributed by atoms with E-state index in [9.17, 15) is 9.59 Å². The van der Waals surface area contributed by atoms with Crippen LogP contribution < -0.4 is 5.32 Å². The fourth-order valence-corrected chi connectivity index (χ4v) is 1.88. The second-order valence-electron chi connectivity index (χ2n) is 3.52. The lowest BCUT2D eigenvalue weighted by atomic mass is 10.2. The number of hydrogen-bond acceptors (Lipinski definition) is 4. The largest absolute Gasteiger partial charge is 0.481 e. The maximum absolute atomic E-state index is 11.6. The average molecular weight is 269 g/mol. The van der Waals surface area contributed by atoms with Gasteiger partial charge in [-0.1, -0.05) is 18.2 Å². The van der Waals surface area contributed by atoms with Crippen molar-refractivity contribution < 1.29 is 19.4 Å². The van der Waals surface area contributed by atoms with E-state index in [1.165, 1.54) is 0 Å². The maximum atomic E-state index is 11.6.